The molecular weight excluding hydrogens is 154 g/mol. The second kappa shape index (κ2) is 2.30. The molecule has 0 spiro atoms. The van der Waals surface area contributed by atoms with E-state index in [1.807, 2.05) is 0 Å². The van der Waals surface area contributed by atoms with E-state index >= 15 is 0 Å². The van der Waals surface area contributed by atoms with Gasteiger partial charge in [-0.25, -0.2) is 9.97 Å². The highest BCUT2D eigenvalue weighted by molar-refractivity contribution is 5.72. The quantitative estimate of drug-likeness (QED) is 0.661. The van der Waals surface area contributed by atoms with Crippen LogP contribution in [-0.2, 0) is 0 Å². The molecule has 12 heavy (non-hydrogen) atoms. The SMILES string of the molecule is C=Cn1cnc2cnc(N)nc21. The fraction of sp³-hybridized carbons (Fsp3) is 0. The molecule has 0 atom stereocenters. The molecule has 2 aromatic heterocycles. The molecule has 2 N–H and O–H groups in total. The van der Waals surface area contributed by atoms with E-state index in [0.717, 1.165) is 0 Å². The van der Waals surface area contributed by atoms with Crippen LogP contribution in [0.2, 0.25) is 0 Å². The maximum absolute atomic E-state index is 5.41. The average Bonchev–Trinajstić information content (AvgIpc) is 2.46. The number of nitrogen functional groups attached to an aromatic ring is 1. The number of imidazole rings is 1. The van der Waals surface area contributed by atoms with Crippen LogP contribution in [0.1, 0.15) is 0 Å². The van der Waals surface area contributed by atoms with Crippen molar-refractivity contribution in [2.24, 2.45) is 0 Å². The molecular formula is C7H7N5. The van der Waals surface area contributed by atoms with Crippen molar-refractivity contribution < 1.29 is 0 Å². The Morgan fingerprint density at radius 2 is 2.33 bits per heavy atom. The van der Waals surface area contributed by atoms with E-state index in [9.17, 15) is 0 Å². The topological polar surface area (TPSA) is 69.6 Å². The third-order valence-corrected chi connectivity index (χ3v) is 1.53. The second-order valence-corrected chi connectivity index (χ2v) is 2.27. The van der Waals surface area contributed by atoms with Crippen molar-refractivity contribution in [1.29, 1.82) is 0 Å². The lowest BCUT2D eigenvalue weighted by Crippen LogP contribution is -1.95. The molecule has 0 unspecified atom stereocenters. The molecule has 2 rings (SSSR count). The lowest BCUT2D eigenvalue weighted by atomic mass is 10.5. The molecule has 5 nitrogen and oxygen atoms in total. The van der Waals surface area contributed by atoms with Gasteiger partial charge in [0.2, 0.25) is 5.95 Å². The van der Waals surface area contributed by atoms with E-state index in [-0.39, 0.29) is 5.95 Å². The largest absolute Gasteiger partial charge is 0.368 e. The summed E-state index contributed by atoms with van der Waals surface area (Å²) >= 11 is 0. The maximum atomic E-state index is 5.41. The minimum absolute atomic E-state index is 0.242. The van der Waals surface area contributed by atoms with Gasteiger partial charge in [0, 0.05) is 6.20 Å². The maximum Gasteiger partial charge on any atom is 0.222 e. The Balaban J connectivity index is 2.83. The highest BCUT2D eigenvalue weighted by Gasteiger charge is 2.01. The summed E-state index contributed by atoms with van der Waals surface area (Å²) in [7, 11) is 0. The van der Waals surface area contributed by atoms with E-state index in [1.54, 1.807) is 23.3 Å². The molecule has 0 aromatic carbocycles. The lowest BCUT2D eigenvalue weighted by Gasteiger charge is -1.93. The van der Waals surface area contributed by atoms with Crippen LogP contribution in [0.25, 0.3) is 17.4 Å². The van der Waals surface area contributed by atoms with Gasteiger partial charge in [-0.1, -0.05) is 6.58 Å². The van der Waals surface area contributed by atoms with Crippen LogP contribution in [0, 0.1) is 0 Å². The molecule has 0 radical (unpaired) electrons. The first-order valence-corrected chi connectivity index (χ1v) is 3.39. The number of hydrogen-bond donors (Lipinski definition) is 1. The number of nitrogens with zero attached hydrogens (tertiary/aromatic N) is 4. The van der Waals surface area contributed by atoms with Gasteiger partial charge >= 0.3 is 0 Å². The zero-order valence-electron chi connectivity index (χ0n) is 6.31. The van der Waals surface area contributed by atoms with Crippen LogP contribution in [0.4, 0.5) is 5.95 Å². The van der Waals surface area contributed by atoms with Crippen LogP contribution in [0.3, 0.4) is 0 Å². The molecule has 0 aliphatic carbocycles. The Kier molecular flexibility index (Phi) is 1.30. The zero-order chi connectivity index (χ0) is 8.55. The number of nitrogens with two attached hydrogens (primary N) is 1. The van der Waals surface area contributed by atoms with Crippen LogP contribution in [-0.4, -0.2) is 19.5 Å². The highest BCUT2D eigenvalue weighted by Crippen LogP contribution is 2.09. The van der Waals surface area contributed by atoms with Crippen molar-refractivity contribution in [3.8, 4) is 0 Å². The molecule has 60 valence electrons. The summed E-state index contributed by atoms with van der Waals surface area (Å²) in [5.74, 6) is 0.242. The van der Waals surface area contributed by atoms with Gasteiger partial charge in [-0.05, 0) is 0 Å². The third kappa shape index (κ3) is 0.833. The van der Waals surface area contributed by atoms with Gasteiger partial charge in [0.25, 0.3) is 0 Å². The van der Waals surface area contributed by atoms with Gasteiger partial charge in [0.15, 0.2) is 5.65 Å². The number of anilines is 1. The van der Waals surface area contributed by atoms with Crippen molar-refractivity contribution in [3.63, 3.8) is 0 Å². The molecule has 0 fully saturated rings. The van der Waals surface area contributed by atoms with Crippen LogP contribution >= 0.6 is 0 Å². The number of fused-ring (bicyclic) bond motifs is 1. The van der Waals surface area contributed by atoms with E-state index in [0.29, 0.717) is 11.2 Å². The second-order valence-electron chi connectivity index (χ2n) is 2.27. The summed E-state index contributed by atoms with van der Waals surface area (Å²) in [6.45, 7) is 3.60. The molecule has 0 bridgehead atoms. The highest BCUT2D eigenvalue weighted by atomic mass is 15.1. The summed E-state index contributed by atoms with van der Waals surface area (Å²) in [4.78, 5) is 11.9. The summed E-state index contributed by atoms with van der Waals surface area (Å²) in [6, 6.07) is 0. The fourth-order valence-corrected chi connectivity index (χ4v) is 0.973. The zero-order valence-corrected chi connectivity index (χ0v) is 6.31. The predicted octanol–water partition coefficient (Wildman–Crippen LogP) is 0.509. The number of rotatable bonds is 1. The molecule has 0 saturated carbocycles. The van der Waals surface area contributed by atoms with Gasteiger partial charge in [-0.2, -0.15) is 4.98 Å². The first-order valence-electron chi connectivity index (χ1n) is 3.39. The smallest absolute Gasteiger partial charge is 0.222 e. The number of aromatic nitrogens is 4. The van der Waals surface area contributed by atoms with Crippen molar-refractivity contribution >= 4 is 23.3 Å². The molecule has 2 heterocycles. The Morgan fingerprint density at radius 1 is 1.50 bits per heavy atom. The van der Waals surface area contributed by atoms with E-state index in [2.05, 4.69) is 21.5 Å². The van der Waals surface area contributed by atoms with Gasteiger partial charge in [-0.15, -0.1) is 0 Å². The first kappa shape index (κ1) is 6.78. The van der Waals surface area contributed by atoms with Gasteiger partial charge < -0.3 is 5.73 Å². The lowest BCUT2D eigenvalue weighted by molar-refractivity contribution is 1.13. The molecule has 2 aromatic rings. The van der Waals surface area contributed by atoms with Crippen molar-refractivity contribution in [3.05, 3.63) is 19.1 Å². The summed E-state index contributed by atoms with van der Waals surface area (Å²) in [5, 5.41) is 0. The molecule has 0 saturated heterocycles. The van der Waals surface area contributed by atoms with Crippen molar-refractivity contribution in [2.75, 3.05) is 5.73 Å². The minimum atomic E-state index is 0.242. The Labute approximate surface area is 68.6 Å². The van der Waals surface area contributed by atoms with Gasteiger partial charge in [-0.3, -0.25) is 4.57 Å². The normalized spacial score (nSPS) is 10.3. The summed E-state index contributed by atoms with van der Waals surface area (Å²) in [6.07, 6.45) is 4.81. The summed E-state index contributed by atoms with van der Waals surface area (Å²) < 4.78 is 1.69. The van der Waals surface area contributed by atoms with E-state index < -0.39 is 0 Å². The number of hydrogen-bond acceptors (Lipinski definition) is 4. The van der Waals surface area contributed by atoms with Crippen LogP contribution < -0.4 is 5.73 Å². The first-order chi connectivity index (χ1) is 5.81. The van der Waals surface area contributed by atoms with Crippen LogP contribution in [0.5, 0.6) is 0 Å². The Hall–Kier alpha value is -1.91. The standard InChI is InChI=1S/C7H7N5/c1-2-12-4-10-5-3-9-7(8)11-6(5)12/h2-4H,1H2,(H2,8,9,11). The molecule has 0 aliphatic rings. The van der Waals surface area contributed by atoms with Crippen molar-refractivity contribution in [1.82, 2.24) is 19.5 Å². The van der Waals surface area contributed by atoms with E-state index in [4.69, 9.17) is 5.73 Å². The van der Waals surface area contributed by atoms with Gasteiger partial charge in [0.05, 0.1) is 6.20 Å². The van der Waals surface area contributed by atoms with Gasteiger partial charge in [0.1, 0.15) is 11.8 Å². The summed E-state index contributed by atoms with van der Waals surface area (Å²) in [5.41, 5.74) is 6.80. The predicted molar refractivity (Wildman–Crippen MR) is 46.1 cm³/mol. The van der Waals surface area contributed by atoms with Crippen LogP contribution in [0.15, 0.2) is 19.1 Å². The average molecular weight is 161 g/mol. The Morgan fingerprint density at radius 3 is 3.08 bits per heavy atom. The Bertz CT molecular complexity index is 430. The van der Waals surface area contributed by atoms with E-state index in [1.165, 1.54) is 0 Å². The molecule has 0 amide bonds. The molecule has 0 aliphatic heterocycles. The third-order valence-electron chi connectivity index (χ3n) is 1.53. The minimum Gasteiger partial charge on any atom is -0.368 e. The monoisotopic (exact) mass is 161 g/mol. The molecule has 5 heteroatoms. The fourth-order valence-electron chi connectivity index (χ4n) is 0.973. The van der Waals surface area contributed by atoms with Crippen molar-refractivity contribution in [2.45, 2.75) is 0 Å².